The predicted molar refractivity (Wildman–Crippen MR) is 107 cm³/mol. The molecule has 1 N–H and O–H groups in total. The molecule has 0 saturated carbocycles. The van der Waals surface area contributed by atoms with Crippen LogP contribution in [0.15, 0.2) is 42.5 Å². The summed E-state index contributed by atoms with van der Waals surface area (Å²) in [6, 6.07) is 12.6. The van der Waals surface area contributed by atoms with E-state index in [0.29, 0.717) is 28.1 Å². The quantitative estimate of drug-likeness (QED) is 0.666. The average molecular weight is 391 g/mol. The molecule has 0 aliphatic rings. The van der Waals surface area contributed by atoms with E-state index < -0.39 is 0 Å². The molecule has 0 radical (unpaired) electrons. The zero-order chi connectivity index (χ0) is 18.8. The number of ether oxygens (including phenoxy) is 1. The van der Waals surface area contributed by atoms with Gasteiger partial charge in [0.1, 0.15) is 18.1 Å². The van der Waals surface area contributed by atoms with Crippen LogP contribution < -0.4 is 10.1 Å². The van der Waals surface area contributed by atoms with E-state index in [-0.39, 0.29) is 11.9 Å². The summed E-state index contributed by atoms with van der Waals surface area (Å²) in [7, 11) is 1.88. The van der Waals surface area contributed by atoms with Gasteiger partial charge in [0.2, 0.25) is 0 Å². The van der Waals surface area contributed by atoms with E-state index in [2.05, 4.69) is 5.32 Å². The molecule has 1 atom stereocenters. The molecule has 1 amide bonds. The highest BCUT2D eigenvalue weighted by atomic mass is 35.5. The molecule has 0 saturated heterocycles. The number of benzene rings is 2. The molecule has 2 aromatic carbocycles. The van der Waals surface area contributed by atoms with Crippen molar-refractivity contribution in [3.8, 4) is 5.75 Å². The maximum absolute atomic E-state index is 12.8. The van der Waals surface area contributed by atoms with Crippen LogP contribution in [0.5, 0.6) is 5.75 Å². The van der Waals surface area contributed by atoms with Gasteiger partial charge in [-0.3, -0.25) is 4.79 Å². The summed E-state index contributed by atoms with van der Waals surface area (Å²) in [6.07, 6.45) is 0. The third-order valence-corrected chi connectivity index (χ3v) is 4.81. The van der Waals surface area contributed by atoms with Gasteiger partial charge in [0.25, 0.3) is 5.91 Å². The first-order chi connectivity index (χ1) is 12.4. The van der Waals surface area contributed by atoms with E-state index in [1.54, 1.807) is 24.3 Å². The largest absolute Gasteiger partial charge is 0.491 e. The third-order valence-electron chi connectivity index (χ3n) is 4.32. The van der Waals surface area contributed by atoms with Crippen molar-refractivity contribution in [3.05, 3.63) is 63.8 Å². The number of nitrogens with zero attached hydrogens (tertiary/aromatic N) is 1. The Morgan fingerprint density at radius 1 is 1.15 bits per heavy atom. The monoisotopic (exact) mass is 390 g/mol. The first-order valence-corrected chi connectivity index (χ1v) is 9.06. The van der Waals surface area contributed by atoms with E-state index in [1.165, 1.54) is 0 Å². The number of carbonyl (C=O) groups excluding carboxylic acids is 1. The van der Waals surface area contributed by atoms with Crippen molar-refractivity contribution in [3.63, 3.8) is 0 Å². The van der Waals surface area contributed by atoms with E-state index >= 15 is 0 Å². The molecule has 0 aliphatic heterocycles. The minimum atomic E-state index is -0.154. The lowest BCUT2D eigenvalue weighted by Gasteiger charge is -2.16. The van der Waals surface area contributed by atoms with Gasteiger partial charge in [0.15, 0.2) is 0 Å². The number of halogens is 2. The third kappa shape index (κ3) is 3.81. The second kappa shape index (κ2) is 7.60. The molecule has 0 aliphatic carbocycles. The van der Waals surface area contributed by atoms with E-state index in [0.717, 1.165) is 16.5 Å². The lowest BCUT2D eigenvalue weighted by atomic mass is 10.1. The lowest BCUT2D eigenvalue weighted by molar-refractivity contribution is 0.0918. The number of fused-ring (bicyclic) bond motifs is 1. The summed E-state index contributed by atoms with van der Waals surface area (Å²) >= 11 is 12.0. The Hall–Kier alpha value is -2.17. The van der Waals surface area contributed by atoms with Gasteiger partial charge in [-0.1, -0.05) is 23.2 Å². The first kappa shape index (κ1) is 18.6. The van der Waals surface area contributed by atoms with Gasteiger partial charge in [-0.05, 0) is 61.9 Å². The Morgan fingerprint density at radius 2 is 1.81 bits per heavy atom. The summed E-state index contributed by atoms with van der Waals surface area (Å²) in [6.45, 7) is 4.20. The number of rotatable bonds is 5. The van der Waals surface area contributed by atoms with Crippen LogP contribution in [-0.2, 0) is 7.05 Å². The van der Waals surface area contributed by atoms with Crippen LogP contribution in [0.25, 0.3) is 10.9 Å². The second-order valence-corrected chi connectivity index (χ2v) is 7.21. The fourth-order valence-corrected chi connectivity index (χ4v) is 3.31. The number of aryl methyl sites for hydroxylation is 2. The van der Waals surface area contributed by atoms with Gasteiger partial charge in [0.05, 0.1) is 6.04 Å². The van der Waals surface area contributed by atoms with Gasteiger partial charge >= 0.3 is 0 Å². The Bertz CT molecular complexity index is 949. The summed E-state index contributed by atoms with van der Waals surface area (Å²) in [5.74, 6) is 0.579. The standard InChI is InChI=1S/C20H20Cl2N2O2/c1-12(11-26-16-7-4-14(21)5-8-16)23-20(25)19-13(2)17-10-15(22)6-9-18(17)24(19)3/h4-10,12H,11H2,1-3H3,(H,23,25)/t12-/m1/s1. The highest BCUT2D eigenvalue weighted by molar-refractivity contribution is 6.31. The maximum Gasteiger partial charge on any atom is 0.268 e. The SMILES string of the molecule is Cc1c(C(=O)N[C@H](C)COc2ccc(Cl)cc2)n(C)c2ccc(Cl)cc12. The Labute approximate surface area is 162 Å². The van der Waals surface area contributed by atoms with Crippen LogP contribution in [0.1, 0.15) is 23.0 Å². The predicted octanol–water partition coefficient (Wildman–Crippen LogP) is 4.99. The molecule has 4 nitrogen and oxygen atoms in total. The van der Waals surface area contributed by atoms with Crippen LogP contribution in [-0.4, -0.2) is 23.1 Å². The summed E-state index contributed by atoms with van der Waals surface area (Å²) in [4.78, 5) is 12.8. The molecule has 6 heteroatoms. The second-order valence-electron chi connectivity index (χ2n) is 6.33. The average Bonchev–Trinajstić information content (AvgIpc) is 2.85. The van der Waals surface area contributed by atoms with Crippen LogP contribution in [0.4, 0.5) is 0 Å². The van der Waals surface area contributed by atoms with Crippen LogP contribution >= 0.6 is 23.2 Å². The van der Waals surface area contributed by atoms with Gasteiger partial charge in [-0.2, -0.15) is 0 Å². The molecule has 0 unspecified atom stereocenters. The van der Waals surface area contributed by atoms with Crippen molar-refractivity contribution in [1.29, 1.82) is 0 Å². The summed E-state index contributed by atoms with van der Waals surface area (Å²) < 4.78 is 7.59. The molecule has 1 aromatic heterocycles. The smallest absolute Gasteiger partial charge is 0.268 e. The molecule has 0 spiro atoms. The Balaban J connectivity index is 1.71. The number of nitrogens with one attached hydrogen (secondary N) is 1. The molecular formula is C20H20Cl2N2O2. The van der Waals surface area contributed by atoms with E-state index in [9.17, 15) is 4.79 Å². The highest BCUT2D eigenvalue weighted by Gasteiger charge is 2.20. The number of hydrogen-bond acceptors (Lipinski definition) is 2. The first-order valence-electron chi connectivity index (χ1n) is 8.30. The number of aromatic nitrogens is 1. The zero-order valence-corrected chi connectivity index (χ0v) is 16.4. The Morgan fingerprint density at radius 3 is 2.50 bits per heavy atom. The molecule has 0 fully saturated rings. The molecule has 136 valence electrons. The normalized spacial score (nSPS) is 12.2. The van der Waals surface area contributed by atoms with E-state index in [4.69, 9.17) is 27.9 Å². The molecule has 26 heavy (non-hydrogen) atoms. The molecule has 3 aromatic rings. The molecule has 0 bridgehead atoms. The van der Waals surface area contributed by atoms with Crippen molar-refractivity contribution in [2.45, 2.75) is 19.9 Å². The summed E-state index contributed by atoms with van der Waals surface area (Å²) in [5, 5.41) is 5.29. The fourth-order valence-electron chi connectivity index (χ4n) is 3.01. The van der Waals surface area contributed by atoms with E-state index in [1.807, 2.05) is 43.7 Å². The van der Waals surface area contributed by atoms with Crippen molar-refractivity contribution in [2.75, 3.05) is 6.61 Å². The minimum absolute atomic E-state index is 0.135. The fraction of sp³-hybridized carbons (Fsp3) is 0.250. The van der Waals surface area contributed by atoms with Crippen molar-refractivity contribution in [2.24, 2.45) is 7.05 Å². The highest BCUT2D eigenvalue weighted by Crippen LogP contribution is 2.27. The van der Waals surface area contributed by atoms with Gasteiger partial charge in [0, 0.05) is 28.0 Å². The number of carbonyl (C=O) groups is 1. The number of amides is 1. The maximum atomic E-state index is 12.8. The molecular weight excluding hydrogens is 371 g/mol. The van der Waals surface area contributed by atoms with Crippen LogP contribution in [0.2, 0.25) is 10.0 Å². The number of hydrogen-bond donors (Lipinski definition) is 1. The van der Waals surface area contributed by atoms with Crippen molar-refractivity contribution >= 4 is 40.0 Å². The minimum Gasteiger partial charge on any atom is -0.491 e. The zero-order valence-electron chi connectivity index (χ0n) is 14.8. The topological polar surface area (TPSA) is 43.3 Å². The lowest BCUT2D eigenvalue weighted by Crippen LogP contribution is -2.37. The molecule has 1 heterocycles. The van der Waals surface area contributed by atoms with Crippen LogP contribution in [0, 0.1) is 6.92 Å². The van der Waals surface area contributed by atoms with Gasteiger partial charge in [-0.15, -0.1) is 0 Å². The molecule has 3 rings (SSSR count). The van der Waals surface area contributed by atoms with Gasteiger partial charge in [-0.25, -0.2) is 0 Å². The van der Waals surface area contributed by atoms with Crippen LogP contribution in [0.3, 0.4) is 0 Å². The van der Waals surface area contributed by atoms with Gasteiger partial charge < -0.3 is 14.6 Å². The van der Waals surface area contributed by atoms with Crippen molar-refractivity contribution < 1.29 is 9.53 Å². The van der Waals surface area contributed by atoms with Crippen molar-refractivity contribution in [1.82, 2.24) is 9.88 Å². The summed E-state index contributed by atoms with van der Waals surface area (Å²) in [5.41, 5.74) is 2.51. The Kier molecular flexibility index (Phi) is 5.44.